The van der Waals surface area contributed by atoms with Crippen molar-refractivity contribution in [2.24, 2.45) is 5.92 Å². The highest BCUT2D eigenvalue weighted by molar-refractivity contribution is 7.80. The molecule has 0 radical (unpaired) electrons. The molecule has 0 aromatic heterocycles. The molecule has 82 valence electrons. The summed E-state index contributed by atoms with van der Waals surface area (Å²) >= 11 is 4.49. The van der Waals surface area contributed by atoms with Crippen LogP contribution in [0.2, 0.25) is 0 Å². The number of piperidine rings is 1. The quantitative estimate of drug-likeness (QED) is 0.751. The molecule has 15 heavy (non-hydrogen) atoms. The molecule has 1 nitrogen and oxygen atoms in total. The first-order valence-corrected chi connectivity index (χ1v) is 6.19. The Kier molecular flexibility index (Phi) is 3.71. The van der Waals surface area contributed by atoms with Crippen molar-refractivity contribution in [2.75, 3.05) is 13.1 Å². The van der Waals surface area contributed by atoms with Crippen molar-refractivity contribution in [3.8, 4) is 0 Å². The van der Waals surface area contributed by atoms with E-state index in [1.807, 2.05) is 6.07 Å². The molecule has 0 atom stereocenters. The Morgan fingerprint density at radius 1 is 1.27 bits per heavy atom. The van der Waals surface area contributed by atoms with Crippen molar-refractivity contribution in [3.05, 3.63) is 29.8 Å². The van der Waals surface area contributed by atoms with Gasteiger partial charge in [-0.25, -0.2) is 0 Å². The van der Waals surface area contributed by atoms with E-state index >= 15 is 0 Å². The summed E-state index contributed by atoms with van der Waals surface area (Å²) in [6.07, 6.45) is 2.68. The fourth-order valence-electron chi connectivity index (χ4n) is 2.11. The van der Waals surface area contributed by atoms with Crippen LogP contribution in [0, 0.1) is 5.92 Å². The van der Waals surface area contributed by atoms with Crippen LogP contribution in [0.4, 0.5) is 0 Å². The van der Waals surface area contributed by atoms with E-state index in [9.17, 15) is 0 Å². The monoisotopic (exact) mass is 221 g/mol. The van der Waals surface area contributed by atoms with Crippen LogP contribution >= 0.6 is 12.6 Å². The fraction of sp³-hybridized carbons (Fsp3) is 0.538. The second kappa shape index (κ2) is 5.04. The molecular formula is C13H19NS. The van der Waals surface area contributed by atoms with Crippen LogP contribution in [0.5, 0.6) is 0 Å². The van der Waals surface area contributed by atoms with Crippen LogP contribution < -0.4 is 0 Å². The van der Waals surface area contributed by atoms with Crippen molar-refractivity contribution < 1.29 is 0 Å². The molecule has 1 fully saturated rings. The van der Waals surface area contributed by atoms with Crippen molar-refractivity contribution in [3.63, 3.8) is 0 Å². The van der Waals surface area contributed by atoms with E-state index in [-0.39, 0.29) is 0 Å². The van der Waals surface area contributed by atoms with Crippen molar-refractivity contribution in [1.29, 1.82) is 0 Å². The lowest BCUT2D eigenvalue weighted by atomic mass is 9.99. The van der Waals surface area contributed by atoms with Crippen LogP contribution in [-0.4, -0.2) is 18.0 Å². The third kappa shape index (κ3) is 2.99. The maximum atomic E-state index is 4.49. The Balaban J connectivity index is 1.95. The Morgan fingerprint density at radius 3 is 2.60 bits per heavy atom. The first kappa shape index (κ1) is 11.0. The number of benzene rings is 1. The van der Waals surface area contributed by atoms with E-state index in [1.54, 1.807) is 0 Å². The Labute approximate surface area is 97.9 Å². The van der Waals surface area contributed by atoms with Gasteiger partial charge in [-0.15, -0.1) is 12.6 Å². The van der Waals surface area contributed by atoms with Crippen molar-refractivity contribution in [1.82, 2.24) is 4.90 Å². The summed E-state index contributed by atoms with van der Waals surface area (Å²) in [6, 6.07) is 8.40. The lowest BCUT2D eigenvalue weighted by Gasteiger charge is -2.30. The molecule has 1 aliphatic rings. The van der Waals surface area contributed by atoms with Gasteiger partial charge >= 0.3 is 0 Å². The summed E-state index contributed by atoms with van der Waals surface area (Å²) in [5.41, 5.74) is 1.36. The summed E-state index contributed by atoms with van der Waals surface area (Å²) in [6.45, 7) is 5.89. The molecule has 0 N–H and O–H groups in total. The van der Waals surface area contributed by atoms with Crippen molar-refractivity contribution >= 4 is 12.6 Å². The number of hydrogen-bond donors (Lipinski definition) is 1. The highest BCUT2D eigenvalue weighted by Gasteiger charge is 2.15. The predicted octanol–water partition coefficient (Wildman–Crippen LogP) is 3.21. The third-order valence-corrected chi connectivity index (χ3v) is 3.70. The zero-order valence-electron chi connectivity index (χ0n) is 9.32. The first-order chi connectivity index (χ1) is 7.25. The van der Waals surface area contributed by atoms with Gasteiger partial charge in [0.15, 0.2) is 0 Å². The van der Waals surface area contributed by atoms with Gasteiger partial charge in [-0.05, 0) is 43.5 Å². The molecule has 0 amide bonds. The van der Waals surface area contributed by atoms with Gasteiger partial charge in [0.2, 0.25) is 0 Å². The summed E-state index contributed by atoms with van der Waals surface area (Å²) in [5, 5.41) is 0. The Hall–Kier alpha value is -0.470. The Bertz CT molecular complexity index is 316. The minimum absolute atomic E-state index is 0.910. The minimum atomic E-state index is 0.910. The topological polar surface area (TPSA) is 3.24 Å². The summed E-state index contributed by atoms with van der Waals surface area (Å²) in [5.74, 6) is 0.910. The summed E-state index contributed by atoms with van der Waals surface area (Å²) < 4.78 is 0. The van der Waals surface area contributed by atoms with Crippen molar-refractivity contribution in [2.45, 2.75) is 31.2 Å². The fourth-order valence-corrected chi connectivity index (χ4v) is 2.34. The van der Waals surface area contributed by atoms with Crippen LogP contribution in [0.25, 0.3) is 0 Å². The van der Waals surface area contributed by atoms with Crippen LogP contribution in [0.3, 0.4) is 0 Å². The van der Waals surface area contributed by atoms with Gasteiger partial charge in [0.05, 0.1) is 0 Å². The third-order valence-electron chi connectivity index (χ3n) is 3.26. The molecule has 1 aromatic rings. The van der Waals surface area contributed by atoms with E-state index in [0.29, 0.717) is 0 Å². The average molecular weight is 221 g/mol. The lowest BCUT2D eigenvalue weighted by Crippen LogP contribution is -2.32. The smallest absolute Gasteiger partial charge is 0.0244 e. The molecule has 2 heteroatoms. The predicted molar refractivity (Wildman–Crippen MR) is 67.4 cm³/mol. The van der Waals surface area contributed by atoms with E-state index in [2.05, 4.69) is 42.7 Å². The molecule has 1 saturated heterocycles. The second-order valence-corrected chi connectivity index (χ2v) is 5.07. The van der Waals surface area contributed by atoms with Gasteiger partial charge in [0.1, 0.15) is 0 Å². The van der Waals surface area contributed by atoms with Crippen LogP contribution in [0.1, 0.15) is 25.3 Å². The molecule has 0 saturated carbocycles. The van der Waals surface area contributed by atoms with Gasteiger partial charge in [-0.2, -0.15) is 0 Å². The molecule has 2 rings (SSSR count). The van der Waals surface area contributed by atoms with Gasteiger partial charge in [-0.1, -0.05) is 25.1 Å². The number of hydrogen-bond acceptors (Lipinski definition) is 2. The number of likely N-dealkylation sites (tertiary alicyclic amines) is 1. The molecule has 0 aliphatic carbocycles. The van der Waals surface area contributed by atoms with Crippen LogP contribution in [-0.2, 0) is 6.54 Å². The maximum absolute atomic E-state index is 4.49. The maximum Gasteiger partial charge on any atom is 0.0244 e. The first-order valence-electron chi connectivity index (χ1n) is 5.75. The SMILES string of the molecule is CC1CCN(Cc2ccccc2S)CC1. The second-order valence-electron chi connectivity index (χ2n) is 4.59. The van der Waals surface area contributed by atoms with E-state index in [4.69, 9.17) is 0 Å². The standard InChI is InChI=1S/C13H19NS/c1-11-6-8-14(9-7-11)10-12-4-2-3-5-13(12)15/h2-5,11,15H,6-10H2,1H3. The zero-order chi connectivity index (χ0) is 10.7. The normalized spacial score (nSPS) is 19.3. The summed E-state index contributed by atoms with van der Waals surface area (Å²) in [4.78, 5) is 3.66. The molecule has 1 aromatic carbocycles. The van der Waals surface area contributed by atoms with E-state index in [0.717, 1.165) is 17.4 Å². The highest BCUT2D eigenvalue weighted by atomic mass is 32.1. The molecule has 0 unspecified atom stereocenters. The average Bonchev–Trinajstić information content (AvgIpc) is 2.25. The molecule has 0 bridgehead atoms. The summed E-state index contributed by atoms with van der Waals surface area (Å²) in [7, 11) is 0. The van der Waals surface area contributed by atoms with E-state index in [1.165, 1.54) is 31.5 Å². The molecule has 1 heterocycles. The van der Waals surface area contributed by atoms with E-state index < -0.39 is 0 Å². The Morgan fingerprint density at radius 2 is 1.93 bits per heavy atom. The van der Waals surface area contributed by atoms with Gasteiger partial charge in [-0.3, -0.25) is 4.90 Å². The minimum Gasteiger partial charge on any atom is -0.299 e. The number of nitrogens with zero attached hydrogens (tertiary/aromatic N) is 1. The number of thiol groups is 1. The van der Waals surface area contributed by atoms with Gasteiger partial charge in [0, 0.05) is 11.4 Å². The largest absolute Gasteiger partial charge is 0.299 e. The highest BCUT2D eigenvalue weighted by Crippen LogP contribution is 2.20. The molecule has 0 spiro atoms. The van der Waals surface area contributed by atoms with Gasteiger partial charge in [0.25, 0.3) is 0 Å². The number of rotatable bonds is 2. The lowest BCUT2D eigenvalue weighted by molar-refractivity contribution is 0.184. The molecular weight excluding hydrogens is 202 g/mol. The molecule has 1 aliphatic heterocycles. The zero-order valence-corrected chi connectivity index (χ0v) is 10.2. The van der Waals surface area contributed by atoms with Crippen LogP contribution in [0.15, 0.2) is 29.2 Å². The van der Waals surface area contributed by atoms with Gasteiger partial charge < -0.3 is 0 Å².